The summed E-state index contributed by atoms with van der Waals surface area (Å²) in [6.07, 6.45) is 1.12. The van der Waals surface area contributed by atoms with Gasteiger partial charge in [0, 0.05) is 5.02 Å². The van der Waals surface area contributed by atoms with Gasteiger partial charge in [0.05, 0.1) is 6.04 Å². The smallest absolute Gasteiger partial charge is 0.0576 e. The molecule has 0 aliphatic rings. The molecular formula is C17H20ClN. The van der Waals surface area contributed by atoms with Crippen LogP contribution >= 0.6 is 11.6 Å². The maximum atomic E-state index is 5.97. The first-order valence-corrected chi connectivity index (χ1v) is 7.14. The van der Waals surface area contributed by atoms with Gasteiger partial charge in [-0.25, -0.2) is 0 Å². The van der Waals surface area contributed by atoms with Crippen molar-refractivity contribution < 1.29 is 0 Å². The lowest BCUT2D eigenvalue weighted by molar-refractivity contribution is 0.598. The first-order valence-electron chi connectivity index (χ1n) is 6.76. The van der Waals surface area contributed by atoms with E-state index in [4.69, 9.17) is 11.6 Å². The van der Waals surface area contributed by atoms with Crippen LogP contribution in [0.5, 0.6) is 0 Å². The first-order chi connectivity index (χ1) is 9.20. The number of hydrogen-bond acceptors (Lipinski definition) is 1. The van der Waals surface area contributed by atoms with Crippen LogP contribution in [0.4, 0.5) is 0 Å². The molecule has 2 heteroatoms. The molecule has 0 aromatic heterocycles. The second kappa shape index (κ2) is 6.74. The Labute approximate surface area is 120 Å². The first kappa shape index (κ1) is 14.1. The lowest BCUT2D eigenvalue weighted by atomic mass is 9.97. The Hall–Kier alpha value is -1.31. The highest BCUT2D eigenvalue weighted by molar-refractivity contribution is 6.30. The van der Waals surface area contributed by atoms with E-state index in [-0.39, 0.29) is 6.04 Å². The minimum atomic E-state index is 0.233. The molecule has 19 heavy (non-hydrogen) atoms. The highest BCUT2D eigenvalue weighted by atomic mass is 35.5. The summed E-state index contributed by atoms with van der Waals surface area (Å²) in [5, 5.41) is 4.39. The molecule has 0 aliphatic heterocycles. The molecular weight excluding hydrogens is 254 g/mol. The lowest BCUT2D eigenvalue weighted by Crippen LogP contribution is -2.23. The zero-order valence-corrected chi connectivity index (χ0v) is 12.2. The molecule has 0 saturated carbocycles. The number of aryl methyl sites for hydroxylation is 1. The molecule has 0 radical (unpaired) electrons. The Morgan fingerprint density at radius 3 is 2.42 bits per heavy atom. The van der Waals surface area contributed by atoms with Crippen molar-refractivity contribution in [1.82, 2.24) is 5.32 Å². The van der Waals surface area contributed by atoms with E-state index in [1.807, 2.05) is 12.1 Å². The fraction of sp³-hybridized carbons (Fsp3) is 0.294. The molecule has 1 N–H and O–H groups in total. The summed E-state index contributed by atoms with van der Waals surface area (Å²) >= 11 is 5.97. The molecule has 0 aliphatic carbocycles. The summed E-state index contributed by atoms with van der Waals surface area (Å²) in [6.45, 7) is 5.31. The van der Waals surface area contributed by atoms with Gasteiger partial charge in [-0.3, -0.25) is 0 Å². The maximum Gasteiger partial charge on any atom is 0.0576 e. The summed E-state index contributed by atoms with van der Waals surface area (Å²) in [4.78, 5) is 0. The summed E-state index contributed by atoms with van der Waals surface area (Å²) in [6, 6.07) is 17.0. The molecule has 0 amide bonds. The van der Waals surface area contributed by atoms with Crippen LogP contribution in [-0.4, -0.2) is 6.54 Å². The van der Waals surface area contributed by atoms with E-state index < -0.39 is 0 Å². The van der Waals surface area contributed by atoms with E-state index in [1.165, 1.54) is 16.7 Å². The summed E-state index contributed by atoms with van der Waals surface area (Å²) in [7, 11) is 0. The minimum absolute atomic E-state index is 0.233. The fourth-order valence-electron chi connectivity index (χ4n) is 2.22. The van der Waals surface area contributed by atoms with Gasteiger partial charge in [-0.15, -0.1) is 0 Å². The predicted molar refractivity (Wildman–Crippen MR) is 82.8 cm³/mol. The van der Waals surface area contributed by atoms with Crippen LogP contribution in [0, 0.1) is 6.92 Å². The van der Waals surface area contributed by atoms with Crippen molar-refractivity contribution in [2.75, 3.05) is 6.54 Å². The van der Waals surface area contributed by atoms with Crippen LogP contribution in [0.25, 0.3) is 0 Å². The average molecular weight is 274 g/mol. The normalized spacial score (nSPS) is 12.4. The van der Waals surface area contributed by atoms with Crippen molar-refractivity contribution in [1.29, 1.82) is 0 Å². The summed E-state index contributed by atoms with van der Waals surface area (Å²) in [5.74, 6) is 0. The van der Waals surface area contributed by atoms with E-state index >= 15 is 0 Å². The Morgan fingerprint density at radius 1 is 1.05 bits per heavy atom. The van der Waals surface area contributed by atoms with Gasteiger partial charge in [0.1, 0.15) is 0 Å². The van der Waals surface area contributed by atoms with Gasteiger partial charge >= 0.3 is 0 Å². The van der Waals surface area contributed by atoms with E-state index in [2.05, 4.69) is 55.6 Å². The zero-order valence-electron chi connectivity index (χ0n) is 11.5. The summed E-state index contributed by atoms with van der Waals surface area (Å²) in [5.41, 5.74) is 3.84. The van der Waals surface area contributed by atoms with Gasteiger partial charge in [-0.1, -0.05) is 60.5 Å². The van der Waals surface area contributed by atoms with Gasteiger partial charge in [0.15, 0.2) is 0 Å². The van der Waals surface area contributed by atoms with Crippen molar-refractivity contribution in [3.8, 4) is 0 Å². The third-order valence-electron chi connectivity index (χ3n) is 3.18. The second-order valence-electron chi connectivity index (χ2n) is 4.85. The Balaban J connectivity index is 2.32. The largest absolute Gasteiger partial charge is 0.306 e. The monoisotopic (exact) mass is 273 g/mol. The van der Waals surface area contributed by atoms with E-state index in [0.29, 0.717) is 0 Å². The van der Waals surface area contributed by atoms with Crippen LogP contribution in [-0.2, 0) is 0 Å². The molecule has 100 valence electrons. The van der Waals surface area contributed by atoms with Crippen molar-refractivity contribution in [3.05, 3.63) is 70.2 Å². The molecule has 1 nitrogen and oxygen atoms in total. The number of rotatable bonds is 5. The maximum absolute atomic E-state index is 5.97. The second-order valence-corrected chi connectivity index (χ2v) is 5.29. The van der Waals surface area contributed by atoms with E-state index in [1.54, 1.807) is 0 Å². The Morgan fingerprint density at radius 2 is 1.79 bits per heavy atom. The Kier molecular flexibility index (Phi) is 5.00. The zero-order chi connectivity index (χ0) is 13.7. The van der Waals surface area contributed by atoms with Gasteiger partial charge in [-0.05, 0) is 43.1 Å². The number of nitrogens with one attached hydrogen (secondary N) is 1. The van der Waals surface area contributed by atoms with Gasteiger partial charge in [0.25, 0.3) is 0 Å². The van der Waals surface area contributed by atoms with E-state index in [0.717, 1.165) is 18.0 Å². The molecule has 1 unspecified atom stereocenters. The van der Waals surface area contributed by atoms with Crippen molar-refractivity contribution >= 4 is 11.6 Å². The third kappa shape index (κ3) is 3.82. The average Bonchev–Trinajstić information content (AvgIpc) is 2.41. The van der Waals surface area contributed by atoms with Gasteiger partial charge in [-0.2, -0.15) is 0 Å². The predicted octanol–water partition coefficient (Wildman–Crippen LogP) is 4.74. The molecule has 0 heterocycles. The molecule has 2 rings (SSSR count). The minimum Gasteiger partial charge on any atom is -0.306 e. The number of halogens is 1. The Bertz CT molecular complexity index is 519. The fourth-order valence-corrected chi connectivity index (χ4v) is 2.35. The standard InChI is InChI=1S/C17H20ClN/c1-3-11-19-17(14-7-9-16(18)10-8-14)15-6-4-5-13(2)12-15/h4-10,12,17,19H,3,11H2,1-2H3. The van der Waals surface area contributed by atoms with E-state index in [9.17, 15) is 0 Å². The van der Waals surface area contributed by atoms with Crippen LogP contribution < -0.4 is 5.32 Å². The van der Waals surface area contributed by atoms with Crippen LogP contribution in [0.3, 0.4) is 0 Å². The molecule has 2 aromatic carbocycles. The molecule has 0 fully saturated rings. The van der Waals surface area contributed by atoms with Crippen molar-refractivity contribution in [2.24, 2.45) is 0 Å². The number of benzene rings is 2. The summed E-state index contributed by atoms with van der Waals surface area (Å²) < 4.78 is 0. The topological polar surface area (TPSA) is 12.0 Å². The molecule has 0 spiro atoms. The molecule has 0 saturated heterocycles. The van der Waals surface area contributed by atoms with Crippen LogP contribution in [0.1, 0.15) is 36.1 Å². The van der Waals surface area contributed by atoms with Crippen LogP contribution in [0.15, 0.2) is 48.5 Å². The lowest BCUT2D eigenvalue weighted by Gasteiger charge is -2.20. The van der Waals surface area contributed by atoms with Crippen molar-refractivity contribution in [2.45, 2.75) is 26.3 Å². The number of hydrogen-bond donors (Lipinski definition) is 1. The van der Waals surface area contributed by atoms with Crippen LogP contribution in [0.2, 0.25) is 5.02 Å². The molecule has 2 aromatic rings. The SMILES string of the molecule is CCCNC(c1ccc(Cl)cc1)c1cccc(C)c1. The van der Waals surface area contributed by atoms with Gasteiger partial charge in [0.2, 0.25) is 0 Å². The molecule has 1 atom stereocenters. The van der Waals surface area contributed by atoms with Gasteiger partial charge < -0.3 is 5.32 Å². The highest BCUT2D eigenvalue weighted by Gasteiger charge is 2.13. The highest BCUT2D eigenvalue weighted by Crippen LogP contribution is 2.24. The van der Waals surface area contributed by atoms with Crippen molar-refractivity contribution in [3.63, 3.8) is 0 Å². The molecule has 0 bridgehead atoms. The third-order valence-corrected chi connectivity index (χ3v) is 3.43. The quantitative estimate of drug-likeness (QED) is 0.830.